The first-order valence-electron chi connectivity index (χ1n) is 9.92. The molecule has 7 nitrogen and oxygen atoms in total. The average Bonchev–Trinajstić information content (AvgIpc) is 3.09. The summed E-state index contributed by atoms with van der Waals surface area (Å²) in [5, 5.41) is 22.8. The third kappa shape index (κ3) is 2.08. The van der Waals surface area contributed by atoms with Gasteiger partial charge in [0.05, 0.1) is 11.8 Å². The minimum Gasteiger partial charge on any atom is -0.504 e. The van der Waals surface area contributed by atoms with Crippen molar-refractivity contribution in [3.63, 3.8) is 0 Å². The molecule has 1 saturated heterocycles. The highest BCUT2D eigenvalue weighted by Gasteiger charge is 2.72. The number of carbonyl (C=O) groups excluding carboxylic acids is 1. The summed E-state index contributed by atoms with van der Waals surface area (Å²) in [5.41, 5.74) is 0.847. The molecule has 28 heavy (non-hydrogen) atoms. The Kier molecular flexibility index (Phi) is 3.53. The van der Waals surface area contributed by atoms with Crippen molar-refractivity contribution in [1.82, 2.24) is 9.62 Å². The Bertz CT molecular complexity index is 989. The molecule has 8 heteroatoms. The van der Waals surface area contributed by atoms with Gasteiger partial charge in [-0.05, 0) is 60.3 Å². The van der Waals surface area contributed by atoms with Gasteiger partial charge in [0.2, 0.25) is 10.0 Å². The van der Waals surface area contributed by atoms with E-state index in [1.165, 1.54) is 16.4 Å². The number of hydrogen-bond acceptors (Lipinski definition) is 6. The van der Waals surface area contributed by atoms with Gasteiger partial charge in [-0.15, -0.1) is 0 Å². The molecule has 4 atom stereocenters. The Morgan fingerprint density at radius 2 is 1.96 bits per heavy atom. The van der Waals surface area contributed by atoms with Crippen molar-refractivity contribution in [2.24, 2.45) is 16.7 Å². The van der Waals surface area contributed by atoms with E-state index >= 15 is 0 Å². The lowest BCUT2D eigenvalue weighted by atomic mass is 9.69. The zero-order chi connectivity index (χ0) is 20.1. The molecular weight excluding hydrogens is 380 g/mol. The zero-order valence-corrected chi connectivity index (χ0v) is 16.9. The van der Waals surface area contributed by atoms with Gasteiger partial charge in [-0.25, -0.2) is 12.7 Å². The summed E-state index contributed by atoms with van der Waals surface area (Å²) in [6.45, 7) is 4.82. The third-order valence-corrected chi connectivity index (χ3v) is 10.1. The van der Waals surface area contributed by atoms with E-state index in [2.05, 4.69) is 19.2 Å². The number of fused-ring (bicyclic) bond motifs is 2. The molecule has 2 bridgehead atoms. The van der Waals surface area contributed by atoms with Crippen LogP contribution in [0.2, 0.25) is 0 Å². The third-order valence-electron chi connectivity index (χ3n) is 8.17. The highest BCUT2D eigenvalue weighted by molar-refractivity contribution is 7.90. The van der Waals surface area contributed by atoms with Crippen molar-refractivity contribution in [3.05, 3.63) is 23.3 Å². The summed E-state index contributed by atoms with van der Waals surface area (Å²) in [5.74, 6) is -0.510. The lowest BCUT2D eigenvalue weighted by Crippen LogP contribution is -2.49. The number of hydrogen-bond donors (Lipinski definition) is 3. The van der Waals surface area contributed by atoms with Crippen molar-refractivity contribution in [3.8, 4) is 11.5 Å². The van der Waals surface area contributed by atoms with Crippen LogP contribution in [0.3, 0.4) is 0 Å². The van der Waals surface area contributed by atoms with Crippen LogP contribution in [-0.2, 0) is 21.2 Å². The molecule has 0 radical (unpaired) electrons. The number of sulfonamides is 1. The van der Waals surface area contributed by atoms with Gasteiger partial charge in [0.1, 0.15) is 6.04 Å². The van der Waals surface area contributed by atoms with Crippen molar-refractivity contribution in [2.45, 2.75) is 51.6 Å². The van der Waals surface area contributed by atoms with Gasteiger partial charge in [-0.3, -0.25) is 4.79 Å². The number of carbonyl (C=O) groups is 1. The van der Waals surface area contributed by atoms with Crippen molar-refractivity contribution in [1.29, 1.82) is 0 Å². The summed E-state index contributed by atoms with van der Waals surface area (Å²) in [6.07, 6.45) is 3.21. The number of amides is 1. The fourth-order valence-corrected chi connectivity index (χ4v) is 9.06. The molecule has 3 N–H and O–H groups in total. The number of nitrogens with one attached hydrogen (secondary N) is 1. The van der Waals surface area contributed by atoms with Gasteiger partial charge in [-0.1, -0.05) is 13.8 Å². The lowest BCUT2D eigenvalue weighted by Gasteiger charge is -2.38. The Labute approximate surface area is 164 Å². The first-order valence-corrected chi connectivity index (χ1v) is 11.5. The minimum absolute atomic E-state index is 0.0420. The molecule has 1 aromatic rings. The first kappa shape index (κ1) is 18.2. The molecule has 1 spiro atoms. The van der Waals surface area contributed by atoms with E-state index in [0.717, 1.165) is 24.8 Å². The zero-order valence-electron chi connectivity index (χ0n) is 16.1. The second-order valence-electron chi connectivity index (χ2n) is 9.43. The van der Waals surface area contributed by atoms with Crippen LogP contribution in [0.1, 0.15) is 50.3 Å². The molecule has 3 fully saturated rings. The monoisotopic (exact) mass is 406 g/mol. The summed E-state index contributed by atoms with van der Waals surface area (Å²) in [6, 6.07) is 1.73. The van der Waals surface area contributed by atoms with E-state index in [-0.39, 0.29) is 34.1 Å². The summed E-state index contributed by atoms with van der Waals surface area (Å²) in [7, 11) is -3.70. The molecule has 4 aliphatic rings. The largest absolute Gasteiger partial charge is 0.504 e. The van der Waals surface area contributed by atoms with Crippen molar-refractivity contribution in [2.75, 3.05) is 12.3 Å². The molecule has 5 rings (SSSR count). The molecule has 2 aliphatic carbocycles. The maximum absolute atomic E-state index is 13.5. The highest BCUT2D eigenvalue weighted by atomic mass is 32.2. The number of nitrogens with zero attached hydrogens (tertiary/aromatic N) is 1. The molecule has 4 unspecified atom stereocenters. The van der Waals surface area contributed by atoms with Crippen LogP contribution in [0.4, 0.5) is 0 Å². The van der Waals surface area contributed by atoms with E-state index in [0.29, 0.717) is 24.4 Å². The number of benzene rings is 1. The maximum Gasteiger partial charge on any atom is 0.258 e. The molecule has 2 heterocycles. The topological polar surface area (TPSA) is 107 Å². The number of phenolic OH excluding ortho intramolecular Hbond substituents is 2. The second kappa shape index (κ2) is 5.42. The molecule has 0 aromatic heterocycles. The van der Waals surface area contributed by atoms with Crippen LogP contribution >= 0.6 is 0 Å². The molecule has 152 valence electrons. The quantitative estimate of drug-likeness (QED) is 0.612. The van der Waals surface area contributed by atoms with Crippen LogP contribution in [-0.4, -0.2) is 47.2 Å². The van der Waals surface area contributed by atoms with E-state index in [1.807, 2.05) is 0 Å². The van der Waals surface area contributed by atoms with Gasteiger partial charge in [-0.2, -0.15) is 0 Å². The van der Waals surface area contributed by atoms with Crippen LogP contribution < -0.4 is 5.32 Å². The fourth-order valence-electron chi connectivity index (χ4n) is 6.51. The van der Waals surface area contributed by atoms with Crippen LogP contribution in [0.25, 0.3) is 0 Å². The van der Waals surface area contributed by atoms with Crippen LogP contribution in [0.5, 0.6) is 11.5 Å². The summed E-state index contributed by atoms with van der Waals surface area (Å²) < 4.78 is 27.5. The van der Waals surface area contributed by atoms with Gasteiger partial charge in [0.25, 0.3) is 5.91 Å². The molecular formula is C20H26N2O5S. The van der Waals surface area contributed by atoms with Crippen LogP contribution in [0.15, 0.2) is 12.1 Å². The van der Waals surface area contributed by atoms with Crippen LogP contribution in [0, 0.1) is 16.7 Å². The standard InChI is InChI=1S/C20H26N2O5S/c1-19(2)12-3-5-20(19)10-28(26,27)22(16(20)8-12)18(25)17-13-9-15(24)14(23)7-11(13)4-6-21-17/h7,9,12,16-17,21,23-24H,3-6,8,10H2,1-2H3. The Morgan fingerprint density at radius 3 is 2.68 bits per heavy atom. The second-order valence-corrected chi connectivity index (χ2v) is 11.3. The number of rotatable bonds is 1. The SMILES string of the molecule is CC1(C)C2CCC13CS(=O)(=O)N(C(=O)C1NCCc4cc(O)c(O)cc41)C3C2. The smallest absolute Gasteiger partial charge is 0.258 e. The van der Waals surface area contributed by atoms with Gasteiger partial charge >= 0.3 is 0 Å². The summed E-state index contributed by atoms with van der Waals surface area (Å²) >= 11 is 0. The number of phenols is 2. The fraction of sp³-hybridized carbons (Fsp3) is 0.650. The molecule has 2 saturated carbocycles. The van der Waals surface area contributed by atoms with Gasteiger partial charge in [0.15, 0.2) is 11.5 Å². The minimum atomic E-state index is -3.70. The van der Waals surface area contributed by atoms with Gasteiger partial charge in [0, 0.05) is 12.0 Å². The molecule has 1 amide bonds. The van der Waals surface area contributed by atoms with E-state index in [9.17, 15) is 23.4 Å². The molecule has 2 aliphatic heterocycles. The number of aromatic hydroxyl groups is 2. The van der Waals surface area contributed by atoms with E-state index in [4.69, 9.17) is 0 Å². The predicted octanol–water partition coefficient (Wildman–Crippen LogP) is 1.65. The van der Waals surface area contributed by atoms with E-state index < -0.39 is 22.0 Å². The van der Waals surface area contributed by atoms with Crippen molar-refractivity contribution >= 4 is 15.9 Å². The van der Waals surface area contributed by atoms with Gasteiger partial charge < -0.3 is 15.5 Å². The lowest BCUT2D eigenvalue weighted by molar-refractivity contribution is -0.131. The highest BCUT2D eigenvalue weighted by Crippen LogP contribution is 2.70. The Morgan fingerprint density at radius 1 is 1.25 bits per heavy atom. The van der Waals surface area contributed by atoms with Crippen molar-refractivity contribution < 1.29 is 23.4 Å². The Hall–Kier alpha value is -1.80. The van der Waals surface area contributed by atoms with E-state index in [1.54, 1.807) is 0 Å². The maximum atomic E-state index is 13.5. The first-order chi connectivity index (χ1) is 13.1. The normalized spacial score (nSPS) is 36.9. The molecule has 1 aromatic carbocycles. The Balaban J connectivity index is 1.56. The average molecular weight is 407 g/mol. The summed E-state index contributed by atoms with van der Waals surface area (Å²) in [4.78, 5) is 13.5. The predicted molar refractivity (Wildman–Crippen MR) is 102 cm³/mol.